The van der Waals surface area contributed by atoms with Crippen molar-refractivity contribution in [1.82, 2.24) is 19.9 Å². The molecule has 3 aromatic heterocycles. The third-order valence-corrected chi connectivity index (χ3v) is 10.4. The number of aromatic nitrogens is 4. The van der Waals surface area contributed by atoms with Gasteiger partial charge in [0.2, 0.25) is 0 Å². The molecule has 64 heavy (non-hydrogen) atoms. The topological polar surface area (TPSA) is 207 Å². The van der Waals surface area contributed by atoms with Gasteiger partial charge in [0.25, 0.3) is 0 Å². The Labute approximate surface area is 379 Å². The number of rotatable bonds is 8. The molecule has 12 nitrogen and oxygen atoms in total. The van der Waals surface area contributed by atoms with Crippen molar-refractivity contribution in [3.05, 3.63) is 166 Å². The van der Waals surface area contributed by atoms with Crippen LogP contribution in [0.25, 0.3) is 90.9 Å². The van der Waals surface area contributed by atoms with E-state index in [1.54, 1.807) is 48.5 Å². The van der Waals surface area contributed by atoms with Crippen molar-refractivity contribution in [1.29, 1.82) is 0 Å². The van der Waals surface area contributed by atoms with Gasteiger partial charge in [0, 0.05) is 44.3 Å². The number of carboxylic acid groups (broad SMARTS) is 4. The first kappa shape index (κ1) is 43.4. The first-order valence-electron chi connectivity index (χ1n) is 18.9. The van der Waals surface area contributed by atoms with Crippen LogP contribution >= 0.6 is 30.4 Å². The van der Waals surface area contributed by atoms with Gasteiger partial charge in [-0.15, -0.1) is 0 Å². The Hall–Kier alpha value is -7.26. The van der Waals surface area contributed by atoms with Crippen LogP contribution in [0, 0.1) is 0 Å². The number of benzene rings is 4. The second kappa shape index (κ2) is 18.2. The fourth-order valence-electron chi connectivity index (χ4n) is 7.54. The van der Waals surface area contributed by atoms with Crippen molar-refractivity contribution in [3.8, 4) is 44.5 Å². The first-order chi connectivity index (χ1) is 30.7. The zero-order valence-electron chi connectivity index (χ0n) is 32.6. The van der Waals surface area contributed by atoms with Gasteiger partial charge in [0.1, 0.15) is 0 Å². The first-order valence-corrected chi connectivity index (χ1v) is 23.2. The average Bonchev–Trinajstić information content (AvgIpc) is 4.12. The van der Waals surface area contributed by atoms with Crippen LogP contribution < -0.4 is 0 Å². The van der Waals surface area contributed by atoms with Gasteiger partial charge in [0.05, 0.1) is 45.0 Å². The van der Waals surface area contributed by atoms with Crippen molar-refractivity contribution in [3.63, 3.8) is 0 Å². The molecule has 0 fully saturated rings. The van der Waals surface area contributed by atoms with E-state index in [9.17, 15) is 39.6 Å². The van der Waals surface area contributed by atoms with Crippen LogP contribution in [0.3, 0.4) is 0 Å². The average molecular weight is 956 g/mol. The van der Waals surface area contributed by atoms with Gasteiger partial charge in [0.15, 0.2) is 0 Å². The van der Waals surface area contributed by atoms with Crippen LogP contribution in [0.4, 0.5) is 0 Å². The molecular weight excluding hydrogens is 926 g/mol. The van der Waals surface area contributed by atoms with Crippen LogP contribution in [0.1, 0.15) is 64.2 Å². The molecule has 4 aromatic carbocycles. The number of aromatic carboxylic acids is 4. The summed E-state index contributed by atoms with van der Waals surface area (Å²) in [6.07, 6.45) is 7.47. The molecular formula is C48H30Cl3CoN4O8. The van der Waals surface area contributed by atoms with Crippen molar-refractivity contribution in [2.24, 2.45) is 0 Å². The molecule has 16 heteroatoms. The summed E-state index contributed by atoms with van der Waals surface area (Å²) in [6.45, 7) is 0. The number of aromatic amines is 2. The maximum absolute atomic E-state index is 11.8. The van der Waals surface area contributed by atoms with E-state index >= 15 is 0 Å². The number of hydrogen-bond donors (Lipinski definition) is 6. The third-order valence-electron chi connectivity index (χ3n) is 10.4. The molecule has 7 aromatic rings. The second-order valence-electron chi connectivity index (χ2n) is 14.2. The number of carbonyl (C=O) groups is 4. The van der Waals surface area contributed by atoms with Gasteiger partial charge in [-0.2, -0.15) is 0 Å². The molecule has 0 aliphatic carbocycles. The van der Waals surface area contributed by atoms with E-state index in [4.69, 9.17) is 40.4 Å². The molecule has 320 valence electrons. The zero-order valence-corrected chi connectivity index (χ0v) is 35.9. The summed E-state index contributed by atoms with van der Waals surface area (Å²) in [7, 11) is 13.4. The zero-order chi connectivity index (χ0) is 45.2. The van der Waals surface area contributed by atoms with Gasteiger partial charge in [-0.1, -0.05) is 48.5 Å². The van der Waals surface area contributed by atoms with Crippen LogP contribution in [0.2, 0.25) is 0 Å². The van der Waals surface area contributed by atoms with Crippen LogP contribution in [0.5, 0.6) is 0 Å². The Kier molecular flexibility index (Phi) is 12.4. The van der Waals surface area contributed by atoms with E-state index < -0.39 is 34.8 Å². The molecule has 9 rings (SSSR count). The summed E-state index contributed by atoms with van der Waals surface area (Å²) in [4.78, 5) is 64.8. The van der Waals surface area contributed by atoms with Crippen LogP contribution in [-0.2, 0) is 10.9 Å². The Bertz CT molecular complexity index is 2830. The third kappa shape index (κ3) is 8.97. The summed E-state index contributed by atoms with van der Waals surface area (Å²) in [5, 5.41) is 38.7. The molecule has 0 atom stereocenters. The number of fused-ring (bicyclic) bond motifs is 8. The molecule has 0 saturated carbocycles. The fourth-order valence-corrected chi connectivity index (χ4v) is 7.54. The van der Waals surface area contributed by atoms with Crippen LogP contribution in [-0.4, -0.2) is 64.2 Å². The fraction of sp³-hybridized carbons (Fsp3) is 0. The summed E-state index contributed by atoms with van der Waals surface area (Å²) in [5.74, 6) is -4.25. The molecule has 2 aliphatic rings. The number of carboxylic acids is 4. The van der Waals surface area contributed by atoms with Gasteiger partial charge >= 0.3 is 65.3 Å². The molecule has 0 unspecified atom stereocenters. The van der Waals surface area contributed by atoms with Gasteiger partial charge in [-0.05, 0) is 119 Å². The molecule has 5 heterocycles. The number of nitrogens with one attached hydrogen (secondary N) is 2. The van der Waals surface area contributed by atoms with E-state index in [0.29, 0.717) is 89.4 Å². The minimum absolute atomic E-state index is 0.117. The van der Waals surface area contributed by atoms with Crippen molar-refractivity contribution >= 4 is 101 Å². The minimum atomic E-state index is -1.19. The quantitative estimate of drug-likeness (QED) is 0.0849. The summed E-state index contributed by atoms with van der Waals surface area (Å²) < 4.78 is 0. The van der Waals surface area contributed by atoms with Crippen molar-refractivity contribution < 1.29 is 50.6 Å². The summed E-state index contributed by atoms with van der Waals surface area (Å²) in [5.41, 5.74) is 10.7. The van der Waals surface area contributed by atoms with E-state index in [-0.39, 0.29) is 22.3 Å². The molecule has 6 N–H and O–H groups in total. The van der Waals surface area contributed by atoms with Gasteiger partial charge in [-0.25, -0.2) is 29.1 Å². The Morgan fingerprint density at radius 1 is 0.359 bits per heavy atom. The number of hydrogen-bond acceptors (Lipinski definition) is 6. The number of nitrogens with zero attached hydrogens (tertiary/aromatic N) is 2. The van der Waals surface area contributed by atoms with Crippen LogP contribution in [0.15, 0.2) is 121 Å². The number of H-pyrrole nitrogens is 2. The Morgan fingerprint density at radius 2 is 0.547 bits per heavy atom. The molecule has 0 saturated heterocycles. The van der Waals surface area contributed by atoms with Crippen molar-refractivity contribution in [2.75, 3.05) is 0 Å². The van der Waals surface area contributed by atoms with E-state index in [1.807, 2.05) is 48.6 Å². The van der Waals surface area contributed by atoms with E-state index in [1.165, 1.54) is 48.5 Å². The Balaban J connectivity index is 0.00000135. The van der Waals surface area contributed by atoms with Gasteiger partial charge < -0.3 is 30.4 Å². The van der Waals surface area contributed by atoms with E-state index in [2.05, 4.69) is 9.97 Å². The molecule has 0 amide bonds. The molecule has 0 radical (unpaired) electrons. The molecule has 8 bridgehead atoms. The van der Waals surface area contributed by atoms with Gasteiger partial charge in [-0.3, -0.25) is 0 Å². The maximum atomic E-state index is 11.8. The SMILES string of the molecule is O=C(O)c1ccc(-c2c3nc(c(-c4ccc(C(=O)O)cc4)c4ccc([nH]4)c(-c4ccc(C(=O)O)cc4)c4nc(c(-c5ccc(C(=O)O)cc5)c5ccc2[nH]5)C=C4)C=C3)cc1.[Cl][Co]([Cl])[Cl]. The van der Waals surface area contributed by atoms with E-state index in [0.717, 1.165) is 0 Å². The summed E-state index contributed by atoms with van der Waals surface area (Å²) in [6, 6.07) is 33.6. The van der Waals surface area contributed by atoms with Crippen molar-refractivity contribution in [2.45, 2.75) is 0 Å². The predicted octanol–water partition coefficient (Wildman–Crippen LogP) is 12.2. The summed E-state index contributed by atoms with van der Waals surface area (Å²) >= 11 is 0. The predicted molar refractivity (Wildman–Crippen MR) is 246 cm³/mol. The second-order valence-corrected chi connectivity index (χ2v) is 19.3. The monoisotopic (exact) mass is 954 g/mol. The molecule has 2 aliphatic heterocycles. The standard InChI is InChI=1S/C48H30N4O8.3ClH.Co/c53-45(54)29-9-1-25(2-10-29)41-33-17-19-35(49-33)42(26-3-11-30(12-4-26)46(55)56)37-21-23-39(51-37)44(28-7-15-32(16-8-28)48(59)60)40-24-22-38(52-40)43(36-20-18-34(41)50-36)27-5-13-31(14-6-27)47(57)58;;;;/h1-24,49,52H,(H,53,54)(H,55,56)(H,57,58)(H,59,60);3*1H;/q;;;;+3/p-3. The molecule has 0 spiro atoms. The normalized spacial score (nSPS) is 11.7. The number of halogens is 3. The Morgan fingerprint density at radius 3 is 0.719 bits per heavy atom.